The van der Waals surface area contributed by atoms with Crippen LogP contribution in [0.5, 0.6) is 0 Å². The molecule has 0 rings (SSSR count). The Morgan fingerprint density at radius 1 is 0.867 bits per heavy atom. The predicted octanol–water partition coefficient (Wildman–Crippen LogP) is 5.78. The molecule has 92 valence electrons. The van der Waals surface area contributed by atoms with E-state index in [-0.39, 0.29) is 0 Å². The van der Waals surface area contributed by atoms with Gasteiger partial charge in [-0.2, -0.15) is 0 Å². The molecule has 2 atom stereocenters. The number of halogens is 1. The fourth-order valence-corrected chi connectivity index (χ4v) is 2.17. The third-order valence-corrected chi connectivity index (χ3v) is 3.99. The van der Waals surface area contributed by atoms with E-state index >= 15 is 0 Å². The Morgan fingerprint density at radius 3 is 1.93 bits per heavy atom. The molecule has 0 aromatic rings. The lowest BCUT2D eigenvalue weighted by Gasteiger charge is -2.15. The second-order valence-corrected chi connectivity index (χ2v) is 5.37. The summed E-state index contributed by atoms with van der Waals surface area (Å²) in [5.41, 5.74) is 0. The van der Waals surface area contributed by atoms with E-state index in [1.54, 1.807) is 0 Å². The Bertz CT molecular complexity index is 123. The highest BCUT2D eigenvalue weighted by atomic mass is 35.5. The Hall–Kier alpha value is 0.290. The minimum Gasteiger partial charge on any atom is -0.123 e. The van der Waals surface area contributed by atoms with Crippen LogP contribution in [0.1, 0.15) is 78.6 Å². The van der Waals surface area contributed by atoms with Crippen LogP contribution in [0, 0.1) is 5.92 Å². The van der Waals surface area contributed by atoms with Crippen molar-refractivity contribution in [3.8, 4) is 0 Å². The molecule has 0 spiro atoms. The van der Waals surface area contributed by atoms with Crippen molar-refractivity contribution < 1.29 is 0 Å². The average Bonchev–Trinajstić information content (AvgIpc) is 2.26. The Labute approximate surface area is 102 Å². The molecular formula is C14H29Cl. The Kier molecular flexibility index (Phi) is 11.0. The van der Waals surface area contributed by atoms with Crippen LogP contribution in [0.3, 0.4) is 0 Å². The van der Waals surface area contributed by atoms with Gasteiger partial charge in [-0.05, 0) is 12.3 Å². The van der Waals surface area contributed by atoms with E-state index in [1.807, 2.05) is 0 Å². The van der Waals surface area contributed by atoms with E-state index in [0.717, 1.165) is 0 Å². The molecular weight excluding hydrogens is 204 g/mol. The van der Waals surface area contributed by atoms with Crippen molar-refractivity contribution in [3.05, 3.63) is 0 Å². The van der Waals surface area contributed by atoms with Crippen LogP contribution < -0.4 is 0 Å². The van der Waals surface area contributed by atoms with Crippen molar-refractivity contribution in [1.82, 2.24) is 0 Å². The van der Waals surface area contributed by atoms with E-state index < -0.39 is 0 Å². The molecule has 0 fully saturated rings. The SMILES string of the molecule is CCCCCCCCCC(Cl)C(C)CC. The van der Waals surface area contributed by atoms with E-state index in [4.69, 9.17) is 11.6 Å². The quantitative estimate of drug-likeness (QED) is 0.331. The first-order valence-electron chi connectivity index (χ1n) is 6.86. The van der Waals surface area contributed by atoms with Gasteiger partial charge >= 0.3 is 0 Å². The van der Waals surface area contributed by atoms with Gasteiger partial charge in [-0.3, -0.25) is 0 Å². The minimum absolute atomic E-state index is 0.408. The summed E-state index contributed by atoms with van der Waals surface area (Å²) in [6.45, 7) is 6.76. The van der Waals surface area contributed by atoms with Gasteiger partial charge in [-0.15, -0.1) is 11.6 Å². The summed E-state index contributed by atoms with van der Waals surface area (Å²) in [6, 6.07) is 0. The smallest absolute Gasteiger partial charge is 0.0361 e. The molecule has 0 saturated heterocycles. The molecule has 1 heteroatoms. The fourth-order valence-electron chi connectivity index (χ4n) is 1.84. The number of hydrogen-bond donors (Lipinski definition) is 0. The number of hydrogen-bond acceptors (Lipinski definition) is 0. The summed E-state index contributed by atoms with van der Waals surface area (Å²) >= 11 is 6.29. The maximum absolute atomic E-state index is 6.29. The fraction of sp³-hybridized carbons (Fsp3) is 1.00. The molecule has 2 unspecified atom stereocenters. The summed E-state index contributed by atoms with van der Waals surface area (Å²) < 4.78 is 0. The summed E-state index contributed by atoms with van der Waals surface area (Å²) in [5, 5.41) is 0.408. The molecule has 15 heavy (non-hydrogen) atoms. The maximum atomic E-state index is 6.29. The molecule has 0 nitrogen and oxygen atoms in total. The summed E-state index contributed by atoms with van der Waals surface area (Å²) in [6.07, 6.45) is 12.1. The van der Waals surface area contributed by atoms with Crippen molar-refractivity contribution in [1.29, 1.82) is 0 Å². The van der Waals surface area contributed by atoms with Crippen LogP contribution >= 0.6 is 11.6 Å². The third kappa shape index (κ3) is 9.23. The molecule has 0 aliphatic carbocycles. The third-order valence-electron chi connectivity index (χ3n) is 3.34. The van der Waals surface area contributed by atoms with Crippen molar-refractivity contribution in [2.45, 2.75) is 83.9 Å². The van der Waals surface area contributed by atoms with Crippen LogP contribution in [-0.4, -0.2) is 5.38 Å². The van der Waals surface area contributed by atoms with Crippen molar-refractivity contribution in [2.24, 2.45) is 5.92 Å². The average molecular weight is 233 g/mol. The maximum Gasteiger partial charge on any atom is 0.0361 e. The predicted molar refractivity (Wildman–Crippen MR) is 71.7 cm³/mol. The zero-order valence-electron chi connectivity index (χ0n) is 10.9. The molecule has 0 aliphatic rings. The van der Waals surface area contributed by atoms with Gasteiger partial charge in [0.2, 0.25) is 0 Å². The van der Waals surface area contributed by atoms with Gasteiger partial charge in [0.05, 0.1) is 0 Å². The number of rotatable bonds is 10. The molecule has 0 saturated carbocycles. The molecule has 0 aromatic heterocycles. The van der Waals surface area contributed by atoms with Gasteiger partial charge in [0.1, 0.15) is 0 Å². The molecule has 0 bridgehead atoms. The van der Waals surface area contributed by atoms with Crippen molar-refractivity contribution >= 4 is 11.6 Å². The molecule has 0 aromatic carbocycles. The summed E-state index contributed by atoms with van der Waals surface area (Å²) in [5.74, 6) is 0.687. The van der Waals surface area contributed by atoms with Gasteiger partial charge in [-0.25, -0.2) is 0 Å². The molecule has 0 N–H and O–H groups in total. The Balaban J connectivity index is 3.16. The van der Waals surface area contributed by atoms with E-state index in [1.165, 1.54) is 57.8 Å². The first kappa shape index (κ1) is 15.3. The van der Waals surface area contributed by atoms with Gasteiger partial charge in [0.15, 0.2) is 0 Å². The monoisotopic (exact) mass is 232 g/mol. The van der Waals surface area contributed by atoms with Crippen LogP contribution in [0.4, 0.5) is 0 Å². The topological polar surface area (TPSA) is 0 Å². The summed E-state index contributed by atoms with van der Waals surface area (Å²) in [4.78, 5) is 0. The van der Waals surface area contributed by atoms with Crippen LogP contribution in [0.15, 0.2) is 0 Å². The summed E-state index contributed by atoms with van der Waals surface area (Å²) in [7, 11) is 0. The van der Waals surface area contributed by atoms with E-state index in [0.29, 0.717) is 11.3 Å². The largest absolute Gasteiger partial charge is 0.123 e. The second kappa shape index (κ2) is 10.8. The highest BCUT2D eigenvalue weighted by Crippen LogP contribution is 2.20. The first-order chi connectivity index (χ1) is 7.22. The normalized spacial score (nSPS) is 15.2. The van der Waals surface area contributed by atoms with Gasteiger partial charge < -0.3 is 0 Å². The zero-order valence-corrected chi connectivity index (χ0v) is 11.7. The molecule has 0 heterocycles. The van der Waals surface area contributed by atoms with Crippen LogP contribution in [-0.2, 0) is 0 Å². The van der Waals surface area contributed by atoms with Gasteiger partial charge in [0, 0.05) is 5.38 Å². The number of unbranched alkanes of at least 4 members (excludes halogenated alkanes) is 6. The van der Waals surface area contributed by atoms with Crippen molar-refractivity contribution in [3.63, 3.8) is 0 Å². The number of alkyl halides is 1. The van der Waals surface area contributed by atoms with Gasteiger partial charge in [-0.1, -0.05) is 72.1 Å². The van der Waals surface area contributed by atoms with Crippen molar-refractivity contribution in [2.75, 3.05) is 0 Å². The Morgan fingerprint density at radius 2 is 1.40 bits per heavy atom. The molecule has 0 aliphatic heterocycles. The highest BCUT2D eigenvalue weighted by Gasteiger charge is 2.11. The lowest BCUT2D eigenvalue weighted by atomic mass is 9.99. The lowest BCUT2D eigenvalue weighted by Crippen LogP contribution is -2.09. The molecule has 0 radical (unpaired) electrons. The lowest BCUT2D eigenvalue weighted by molar-refractivity contribution is 0.477. The van der Waals surface area contributed by atoms with Gasteiger partial charge in [0.25, 0.3) is 0 Å². The zero-order chi connectivity index (χ0) is 11.5. The first-order valence-corrected chi connectivity index (χ1v) is 7.30. The highest BCUT2D eigenvalue weighted by molar-refractivity contribution is 6.20. The molecule has 0 amide bonds. The standard InChI is InChI=1S/C14H29Cl/c1-4-6-7-8-9-10-11-12-14(15)13(3)5-2/h13-14H,4-12H2,1-3H3. The van der Waals surface area contributed by atoms with E-state index in [2.05, 4.69) is 20.8 Å². The van der Waals surface area contributed by atoms with Crippen LogP contribution in [0.2, 0.25) is 0 Å². The van der Waals surface area contributed by atoms with E-state index in [9.17, 15) is 0 Å². The minimum atomic E-state index is 0.408. The van der Waals surface area contributed by atoms with Crippen LogP contribution in [0.25, 0.3) is 0 Å². The second-order valence-electron chi connectivity index (χ2n) is 4.81.